The lowest BCUT2D eigenvalue weighted by molar-refractivity contribution is -0.125. The molecule has 7 heteroatoms. The fourth-order valence-corrected chi connectivity index (χ4v) is 4.87. The molecule has 1 aliphatic carbocycles. The van der Waals surface area contributed by atoms with E-state index in [0.717, 1.165) is 37.7 Å². The van der Waals surface area contributed by atoms with Crippen LogP contribution in [0, 0.1) is 5.92 Å². The van der Waals surface area contributed by atoms with Crippen molar-refractivity contribution in [3.63, 3.8) is 0 Å². The van der Waals surface area contributed by atoms with Gasteiger partial charge in [0.15, 0.2) is 0 Å². The summed E-state index contributed by atoms with van der Waals surface area (Å²) in [4.78, 5) is 39.2. The molecule has 1 aliphatic heterocycles. The second kappa shape index (κ2) is 9.20. The Hall–Kier alpha value is -3.35. The normalized spacial score (nSPS) is 22.5. The Kier molecular flexibility index (Phi) is 6.21. The molecule has 0 spiro atoms. The van der Waals surface area contributed by atoms with Gasteiger partial charge in [-0.15, -0.1) is 0 Å². The molecule has 2 aliphatic rings. The zero-order chi connectivity index (χ0) is 21.8. The van der Waals surface area contributed by atoms with Crippen molar-refractivity contribution in [1.82, 2.24) is 10.2 Å². The maximum absolute atomic E-state index is 13.3. The number of nitrogens with two attached hydrogens (primary N) is 1. The van der Waals surface area contributed by atoms with Crippen LogP contribution in [0.4, 0.5) is 10.5 Å². The number of likely N-dealkylation sites (tertiary alicyclic amines) is 1. The molecule has 0 aromatic heterocycles. The lowest BCUT2D eigenvalue weighted by Gasteiger charge is -2.33. The SMILES string of the molecule is NC(=O)Nc1ccc(CNC(=O)C2CC3CCCCC3N2C(=O)c2ccccc2)cc1. The molecule has 31 heavy (non-hydrogen) atoms. The zero-order valence-electron chi connectivity index (χ0n) is 17.4. The van der Waals surface area contributed by atoms with Crippen LogP contribution in [-0.2, 0) is 11.3 Å². The molecule has 162 valence electrons. The number of primary amides is 1. The van der Waals surface area contributed by atoms with Crippen molar-refractivity contribution in [2.75, 3.05) is 5.32 Å². The molecule has 7 nitrogen and oxygen atoms in total. The maximum Gasteiger partial charge on any atom is 0.316 e. The molecule has 1 saturated heterocycles. The standard InChI is InChI=1S/C24H28N4O3/c25-24(31)27-19-12-10-16(11-13-19)15-26-22(29)21-14-18-8-4-5-9-20(18)28(21)23(30)17-6-2-1-3-7-17/h1-3,6-7,10-13,18,20-21H,4-5,8-9,14-15H2,(H,26,29)(H3,25,27,31). The van der Waals surface area contributed by atoms with Gasteiger partial charge in [0.05, 0.1) is 0 Å². The number of nitrogens with zero attached hydrogens (tertiary/aromatic N) is 1. The highest BCUT2D eigenvalue weighted by atomic mass is 16.2. The Bertz CT molecular complexity index is 945. The third-order valence-electron chi connectivity index (χ3n) is 6.33. The van der Waals surface area contributed by atoms with Gasteiger partial charge in [-0.25, -0.2) is 4.79 Å². The fraction of sp³-hybridized carbons (Fsp3) is 0.375. The highest BCUT2D eigenvalue weighted by Crippen LogP contribution is 2.40. The average Bonchev–Trinajstić information content (AvgIpc) is 3.18. The van der Waals surface area contributed by atoms with Crippen LogP contribution in [0.5, 0.6) is 0 Å². The predicted molar refractivity (Wildman–Crippen MR) is 118 cm³/mol. The van der Waals surface area contributed by atoms with Crippen molar-refractivity contribution in [2.24, 2.45) is 11.7 Å². The van der Waals surface area contributed by atoms with E-state index >= 15 is 0 Å². The summed E-state index contributed by atoms with van der Waals surface area (Å²) in [6.45, 7) is 0.356. The number of hydrogen-bond donors (Lipinski definition) is 3. The molecule has 1 heterocycles. The van der Waals surface area contributed by atoms with Gasteiger partial charge in [0.1, 0.15) is 6.04 Å². The van der Waals surface area contributed by atoms with Gasteiger partial charge in [0, 0.05) is 23.8 Å². The quantitative estimate of drug-likeness (QED) is 0.691. The van der Waals surface area contributed by atoms with Crippen molar-refractivity contribution < 1.29 is 14.4 Å². The van der Waals surface area contributed by atoms with Crippen molar-refractivity contribution in [3.05, 3.63) is 65.7 Å². The number of rotatable bonds is 5. The minimum Gasteiger partial charge on any atom is -0.351 e. The second-order valence-corrected chi connectivity index (χ2v) is 8.35. The van der Waals surface area contributed by atoms with Crippen molar-refractivity contribution in [3.8, 4) is 0 Å². The van der Waals surface area contributed by atoms with Gasteiger partial charge in [0.25, 0.3) is 5.91 Å². The first-order valence-electron chi connectivity index (χ1n) is 10.8. The topological polar surface area (TPSA) is 105 Å². The number of nitrogens with one attached hydrogen (secondary N) is 2. The van der Waals surface area contributed by atoms with Crippen molar-refractivity contribution >= 4 is 23.5 Å². The van der Waals surface area contributed by atoms with E-state index in [2.05, 4.69) is 10.6 Å². The first-order valence-corrected chi connectivity index (χ1v) is 10.8. The molecule has 0 radical (unpaired) electrons. The summed E-state index contributed by atoms with van der Waals surface area (Å²) in [5.74, 6) is 0.214. The number of amides is 4. The number of anilines is 1. The third-order valence-corrected chi connectivity index (χ3v) is 6.33. The molecule has 2 aromatic carbocycles. The Morgan fingerprint density at radius 2 is 1.68 bits per heavy atom. The Balaban J connectivity index is 1.46. The molecule has 2 aromatic rings. The molecule has 4 N–H and O–H groups in total. The summed E-state index contributed by atoms with van der Waals surface area (Å²) in [6, 6.07) is 15.4. The van der Waals surface area contributed by atoms with E-state index in [1.807, 2.05) is 47.4 Å². The van der Waals surface area contributed by atoms with Crippen molar-refractivity contribution in [2.45, 2.75) is 50.7 Å². The van der Waals surface area contributed by atoms with Crippen LogP contribution in [0.2, 0.25) is 0 Å². The lowest BCUT2D eigenvalue weighted by Crippen LogP contribution is -2.49. The third kappa shape index (κ3) is 4.71. The van der Waals surface area contributed by atoms with E-state index in [1.54, 1.807) is 12.1 Å². The van der Waals surface area contributed by atoms with Crippen molar-refractivity contribution in [1.29, 1.82) is 0 Å². The Morgan fingerprint density at radius 3 is 2.39 bits per heavy atom. The maximum atomic E-state index is 13.3. The molecule has 1 saturated carbocycles. The van der Waals surface area contributed by atoms with Crippen LogP contribution in [0.25, 0.3) is 0 Å². The molecule has 4 rings (SSSR count). The van der Waals surface area contributed by atoms with E-state index in [9.17, 15) is 14.4 Å². The summed E-state index contributed by atoms with van der Waals surface area (Å²) in [5, 5.41) is 5.51. The summed E-state index contributed by atoms with van der Waals surface area (Å²) < 4.78 is 0. The average molecular weight is 421 g/mol. The first-order chi connectivity index (χ1) is 15.0. The zero-order valence-corrected chi connectivity index (χ0v) is 17.4. The largest absolute Gasteiger partial charge is 0.351 e. The fourth-order valence-electron chi connectivity index (χ4n) is 4.87. The van der Waals surface area contributed by atoms with Gasteiger partial charge in [-0.1, -0.05) is 43.2 Å². The first kappa shape index (κ1) is 20.9. The molecule has 3 atom stereocenters. The van der Waals surface area contributed by atoms with E-state index in [1.165, 1.54) is 0 Å². The van der Waals surface area contributed by atoms with Crippen LogP contribution >= 0.6 is 0 Å². The number of carbonyl (C=O) groups excluding carboxylic acids is 3. The molecule has 0 bridgehead atoms. The summed E-state index contributed by atoms with van der Waals surface area (Å²) in [5.41, 5.74) is 7.25. The van der Waals surface area contributed by atoms with Gasteiger partial charge >= 0.3 is 6.03 Å². The Labute approximate surface area is 182 Å². The second-order valence-electron chi connectivity index (χ2n) is 8.35. The predicted octanol–water partition coefficient (Wildman–Crippen LogP) is 3.27. The van der Waals surface area contributed by atoms with E-state index in [4.69, 9.17) is 5.73 Å². The van der Waals surface area contributed by atoms with Crippen LogP contribution in [-0.4, -0.2) is 34.8 Å². The minimum absolute atomic E-state index is 0.0583. The highest BCUT2D eigenvalue weighted by Gasteiger charge is 2.47. The number of hydrogen-bond acceptors (Lipinski definition) is 3. The van der Waals surface area contributed by atoms with Crippen LogP contribution < -0.4 is 16.4 Å². The van der Waals surface area contributed by atoms with Gasteiger partial charge in [-0.2, -0.15) is 0 Å². The number of benzene rings is 2. The Morgan fingerprint density at radius 1 is 0.968 bits per heavy atom. The van der Waals surface area contributed by atoms with E-state index in [-0.39, 0.29) is 17.9 Å². The van der Waals surface area contributed by atoms with Crippen LogP contribution in [0.3, 0.4) is 0 Å². The number of carbonyl (C=O) groups is 3. The van der Waals surface area contributed by atoms with Crippen LogP contribution in [0.15, 0.2) is 54.6 Å². The van der Waals surface area contributed by atoms with Gasteiger partial charge < -0.3 is 21.3 Å². The highest BCUT2D eigenvalue weighted by molar-refractivity contribution is 5.98. The number of urea groups is 1. The van der Waals surface area contributed by atoms with Gasteiger partial charge in [-0.3, -0.25) is 9.59 Å². The summed E-state index contributed by atoms with van der Waals surface area (Å²) >= 11 is 0. The van der Waals surface area contributed by atoms with Crippen LogP contribution in [0.1, 0.15) is 48.0 Å². The number of fused-ring (bicyclic) bond motifs is 1. The molecule has 2 fully saturated rings. The smallest absolute Gasteiger partial charge is 0.316 e. The monoisotopic (exact) mass is 420 g/mol. The van der Waals surface area contributed by atoms with Gasteiger partial charge in [0.2, 0.25) is 5.91 Å². The molecule has 3 unspecified atom stereocenters. The molecular formula is C24H28N4O3. The molecular weight excluding hydrogens is 392 g/mol. The molecule has 4 amide bonds. The minimum atomic E-state index is -0.619. The summed E-state index contributed by atoms with van der Waals surface area (Å²) in [7, 11) is 0. The lowest BCUT2D eigenvalue weighted by atomic mass is 9.84. The summed E-state index contributed by atoms with van der Waals surface area (Å²) in [6.07, 6.45) is 5.01. The van der Waals surface area contributed by atoms with E-state index in [0.29, 0.717) is 23.7 Å². The van der Waals surface area contributed by atoms with Gasteiger partial charge in [-0.05, 0) is 55.0 Å². The van der Waals surface area contributed by atoms with E-state index < -0.39 is 12.1 Å².